The van der Waals surface area contributed by atoms with Crippen LogP contribution in [-0.2, 0) is 21.4 Å². The van der Waals surface area contributed by atoms with Gasteiger partial charge in [0.1, 0.15) is 5.82 Å². The van der Waals surface area contributed by atoms with Gasteiger partial charge in [-0.2, -0.15) is 0 Å². The van der Waals surface area contributed by atoms with Crippen LogP contribution in [0.5, 0.6) is 0 Å². The van der Waals surface area contributed by atoms with E-state index in [1.807, 2.05) is 0 Å². The Morgan fingerprint density at radius 1 is 1.35 bits per heavy atom. The zero-order valence-corrected chi connectivity index (χ0v) is 10.3. The first-order chi connectivity index (χ1) is 7.97. The number of ether oxygens (including phenoxy) is 1. The van der Waals surface area contributed by atoms with Gasteiger partial charge < -0.3 is 4.74 Å². The van der Waals surface area contributed by atoms with Crippen molar-refractivity contribution in [3.63, 3.8) is 0 Å². The van der Waals surface area contributed by atoms with Crippen molar-refractivity contribution in [2.24, 2.45) is 0 Å². The van der Waals surface area contributed by atoms with E-state index in [2.05, 4.69) is 4.72 Å². The normalized spacial score (nSPS) is 11.6. The van der Waals surface area contributed by atoms with Crippen molar-refractivity contribution in [2.75, 3.05) is 12.8 Å². The molecule has 1 aromatic carbocycles. The summed E-state index contributed by atoms with van der Waals surface area (Å²) in [5.74, 6) is -0.282. The van der Waals surface area contributed by atoms with E-state index in [1.165, 1.54) is 18.7 Å². The van der Waals surface area contributed by atoms with Crippen molar-refractivity contribution in [1.82, 2.24) is 4.72 Å². The highest BCUT2D eigenvalue weighted by molar-refractivity contribution is 7.88. The number of rotatable bonds is 7. The summed E-state index contributed by atoms with van der Waals surface area (Å²) in [7, 11) is -3.14. The highest BCUT2D eigenvalue weighted by atomic mass is 32.2. The second-order valence-corrected chi connectivity index (χ2v) is 5.39. The topological polar surface area (TPSA) is 55.4 Å². The molecule has 4 nitrogen and oxygen atoms in total. The van der Waals surface area contributed by atoms with Gasteiger partial charge in [-0.05, 0) is 24.1 Å². The molecule has 0 aliphatic rings. The summed E-state index contributed by atoms with van der Waals surface area (Å²) >= 11 is 0. The molecule has 0 aromatic heterocycles. The van der Waals surface area contributed by atoms with Crippen LogP contribution in [0.25, 0.3) is 0 Å². The molecule has 0 spiro atoms. The standard InChI is InChI=1S/C11H15FNO3S/c1-17(14,15)13-7-2-8-16-9-10-3-5-11(12)6-4-10/h3-6,8,13H,2,7,9H2,1H3. The Bertz CT molecular complexity index is 431. The summed E-state index contributed by atoms with van der Waals surface area (Å²) in [6.45, 7) is 2.18. The average Bonchev–Trinajstić information content (AvgIpc) is 2.24. The first kappa shape index (κ1) is 14.1. The third-order valence-electron chi connectivity index (χ3n) is 1.91. The molecule has 0 bridgehead atoms. The summed E-state index contributed by atoms with van der Waals surface area (Å²) in [6.07, 6.45) is 1.58. The van der Waals surface area contributed by atoms with E-state index < -0.39 is 10.0 Å². The van der Waals surface area contributed by atoms with Gasteiger partial charge in [0.2, 0.25) is 10.0 Å². The van der Waals surface area contributed by atoms with Crippen LogP contribution in [0.4, 0.5) is 4.39 Å². The first-order valence-corrected chi connectivity index (χ1v) is 6.99. The SMILES string of the molecule is CS(=O)(=O)NCC[CH]OCc1ccc(F)cc1. The van der Waals surface area contributed by atoms with E-state index >= 15 is 0 Å². The van der Waals surface area contributed by atoms with Gasteiger partial charge in [0.15, 0.2) is 0 Å². The molecule has 0 saturated heterocycles. The number of hydrogen-bond donors (Lipinski definition) is 1. The Labute approximate surface area is 101 Å². The van der Waals surface area contributed by atoms with Crippen molar-refractivity contribution >= 4 is 10.0 Å². The van der Waals surface area contributed by atoms with Gasteiger partial charge in [0, 0.05) is 6.54 Å². The molecule has 0 atom stereocenters. The second-order valence-electron chi connectivity index (χ2n) is 3.56. The highest BCUT2D eigenvalue weighted by Gasteiger charge is 1.99. The van der Waals surface area contributed by atoms with E-state index in [-0.39, 0.29) is 5.82 Å². The molecule has 0 aliphatic heterocycles. The molecule has 0 unspecified atom stereocenters. The average molecular weight is 260 g/mol. The molecule has 17 heavy (non-hydrogen) atoms. The molecule has 1 N–H and O–H groups in total. The van der Waals surface area contributed by atoms with Crippen LogP contribution in [-0.4, -0.2) is 21.2 Å². The molecule has 95 valence electrons. The van der Waals surface area contributed by atoms with Crippen molar-refractivity contribution in [2.45, 2.75) is 13.0 Å². The Kier molecular flexibility index (Phi) is 5.54. The second kappa shape index (κ2) is 6.68. The maximum atomic E-state index is 12.6. The maximum Gasteiger partial charge on any atom is 0.208 e. The van der Waals surface area contributed by atoms with Gasteiger partial charge in [-0.3, -0.25) is 0 Å². The monoisotopic (exact) mass is 260 g/mol. The summed E-state index contributed by atoms with van der Waals surface area (Å²) in [5, 5.41) is 0. The molecule has 1 rings (SSSR count). The number of halogens is 1. The molecule has 6 heteroatoms. The fourth-order valence-electron chi connectivity index (χ4n) is 1.12. The van der Waals surface area contributed by atoms with E-state index in [4.69, 9.17) is 4.74 Å². The smallest absolute Gasteiger partial charge is 0.208 e. The van der Waals surface area contributed by atoms with Gasteiger partial charge in [-0.1, -0.05) is 12.1 Å². The zero-order valence-electron chi connectivity index (χ0n) is 9.52. The molecular formula is C11H15FNO3S. The molecule has 0 amide bonds. The Morgan fingerprint density at radius 3 is 2.59 bits per heavy atom. The Hall–Kier alpha value is -0.980. The predicted molar refractivity (Wildman–Crippen MR) is 63.0 cm³/mol. The highest BCUT2D eigenvalue weighted by Crippen LogP contribution is 2.05. The molecule has 1 aromatic rings. The van der Waals surface area contributed by atoms with Crippen LogP contribution in [0.1, 0.15) is 12.0 Å². The quantitative estimate of drug-likeness (QED) is 0.755. The van der Waals surface area contributed by atoms with E-state index in [9.17, 15) is 12.8 Å². The largest absolute Gasteiger partial charge is 0.371 e. The van der Waals surface area contributed by atoms with Crippen molar-refractivity contribution in [3.8, 4) is 0 Å². The van der Waals surface area contributed by atoms with Gasteiger partial charge in [-0.15, -0.1) is 0 Å². The lowest BCUT2D eigenvalue weighted by molar-refractivity contribution is 0.179. The van der Waals surface area contributed by atoms with Gasteiger partial charge in [0.25, 0.3) is 0 Å². The van der Waals surface area contributed by atoms with Crippen molar-refractivity contribution < 1.29 is 17.5 Å². The van der Waals surface area contributed by atoms with Gasteiger partial charge >= 0.3 is 0 Å². The van der Waals surface area contributed by atoms with E-state index in [1.54, 1.807) is 12.1 Å². The molecule has 1 radical (unpaired) electrons. The molecule has 0 fully saturated rings. The predicted octanol–water partition coefficient (Wildman–Crippen LogP) is 1.44. The van der Waals surface area contributed by atoms with Gasteiger partial charge in [-0.25, -0.2) is 17.5 Å². The fraction of sp³-hybridized carbons (Fsp3) is 0.364. The van der Waals surface area contributed by atoms with Crippen LogP contribution in [0.3, 0.4) is 0 Å². The molecule has 0 saturated carbocycles. The minimum Gasteiger partial charge on any atom is -0.371 e. The lowest BCUT2D eigenvalue weighted by atomic mass is 10.2. The lowest BCUT2D eigenvalue weighted by Crippen LogP contribution is -2.23. The number of benzene rings is 1. The first-order valence-electron chi connectivity index (χ1n) is 5.10. The van der Waals surface area contributed by atoms with Crippen LogP contribution in [0.2, 0.25) is 0 Å². The molecule has 0 heterocycles. The molecule has 0 aliphatic carbocycles. The lowest BCUT2D eigenvalue weighted by Gasteiger charge is -2.04. The zero-order chi connectivity index (χ0) is 12.7. The number of hydrogen-bond acceptors (Lipinski definition) is 3. The third kappa shape index (κ3) is 7.04. The van der Waals surface area contributed by atoms with Crippen molar-refractivity contribution in [1.29, 1.82) is 0 Å². The van der Waals surface area contributed by atoms with Crippen LogP contribution < -0.4 is 4.72 Å². The summed E-state index contributed by atoms with van der Waals surface area (Å²) in [6, 6.07) is 6.00. The molecular weight excluding hydrogens is 245 g/mol. The summed E-state index contributed by atoms with van der Waals surface area (Å²) in [5.41, 5.74) is 0.860. The third-order valence-corrected chi connectivity index (χ3v) is 2.64. The Balaban J connectivity index is 2.10. The van der Waals surface area contributed by atoms with Gasteiger partial charge in [0.05, 0.1) is 19.5 Å². The number of sulfonamides is 1. The van der Waals surface area contributed by atoms with E-state index in [0.29, 0.717) is 19.6 Å². The Morgan fingerprint density at radius 2 is 2.00 bits per heavy atom. The minimum absolute atomic E-state index is 0.282. The van der Waals surface area contributed by atoms with Crippen LogP contribution in [0, 0.1) is 12.4 Å². The minimum atomic E-state index is -3.14. The van der Waals surface area contributed by atoms with Crippen molar-refractivity contribution in [3.05, 3.63) is 42.3 Å². The van der Waals surface area contributed by atoms with Crippen LogP contribution >= 0.6 is 0 Å². The summed E-state index contributed by atoms with van der Waals surface area (Å²) < 4.78 is 41.5. The maximum absolute atomic E-state index is 12.6. The fourth-order valence-corrected chi connectivity index (χ4v) is 1.61. The number of nitrogens with one attached hydrogen (secondary N) is 1. The van der Waals surface area contributed by atoms with E-state index in [0.717, 1.165) is 11.8 Å². The summed E-state index contributed by atoms with van der Waals surface area (Å²) in [4.78, 5) is 0. The van der Waals surface area contributed by atoms with Crippen LogP contribution in [0.15, 0.2) is 24.3 Å².